The summed E-state index contributed by atoms with van der Waals surface area (Å²) >= 11 is 0. The molecular formula is C17H23N3O2. The summed E-state index contributed by atoms with van der Waals surface area (Å²) in [5.41, 5.74) is 3.34. The molecule has 1 aliphatic rings. The summed E-state index contributed by atoms with van der Waals surface area (Å²) < 4.78 is 7.54. The first-order valence-corrected chi connectivity index (χ1v) is 7.92. The van der Waals surface area contributed by atoms with Gasteiger partial charge in [0.05, 0.1) is 11.7 Å². The van der Waals surface area contributed by atoms with Gasteiger partial charge in [0.2, 0.25) is 0 Å². The van der Waals surface area contributed by atoms with Crippen LogP contribution in [0.5, 0.6) is 0 Å². The third-order valence-electron chi connectivity index (χ3n) is 4.63. The quantitative estimate of drug-likeness (QED) is 0.875. The molecule has 1 fully saturated rings. The van der Waals surface area contributed by atoms with E-state index in [1.165, 1.54) is 5.56 Å². The summed E-state index contributed by atoms with van der Waals surface area (Å²) in [6, 6.07) is 3.79. The van der Waals surface area contributed by atoms with E-state index < -0.39 is 0 Å². The van der Waals surface area contributed by atoms with Gasteiger partial charge >= 0.3 is 0 Å². The molecule has 2 aromatic rings. The van der Waals surface area contributed by atoms with Crippen molar-refractivity contribution in [3.05, 3.63) is 40.6 Å². The molecule has 0 aromatic carbocycles. The van der Waals surface area contributed by atoms with Crippen LogP contribution in [0.1, 0.15) is 59.1 Å². The van der Waals surface area contributed by atoms with Gasteiger partial charge < -0.3 is 9.32 Å². The molecule has 0 bridgehead atoms. The van der Waals surface area contributed by atoms with Crippen molar-refractivity contribution in [3.8, 4) is 0 Å². The van der Waals surface area contributed by atoms with Crippen LogP contribution in [0.4, 0.5) is 0 Å². The Morgan fingerprint density at radius 1 is 1.41 bits per heavy atom. The predicted octanol–water partition coefficient (Wildman–Crippen LogP) is 3.17. The molecule has 3 heterocycles. The fraction of sp³-hybridized carbons (Fsp3) is 0.529. The van der Waals surface area contributed by atoms with E-state index in [0.29, 0.717) is 5.76 Å². The maximum Gasteiger partial charge on any atom is 0.290 e. The molecule has 3 rings (SSSR count). The molecule has 0 N–H and O–H groups in total. The molecular weight excluding hydrogens is 278 g/mol. The Kier molecular flexibility index (Phi) is 3.81. The number of furan rings is 1. The van der Waals surface area contributed by atoms with Crippen molar-refractivity contribution in [2.75, 3.05) is 6.54 Å². The second-order valence-electron chi connectivity index (χ2n) is 5.98. The molecule has 0 radical (unpaired) electrons. The highest BCUT2D eigenvalue weighted by atomic mass is 16.4. The number of rotatable bonds is 3. The number of hydrogen-bond acceptors (Lipinski definition) is 3. The van der Waals surface area contributed by atoms with Crippen molar-refractivity contribution < 1.29 is 9.21 Å². The number of likely N-dealkylation sites (tertiary alicyclic amines) is 1. The lowest BCUT2D eigenvalue weighted by molar-refractivity contribution is 0.0701. The molecule has 0 aliphatic carbocycles. The monoisotopic (exact) mass is 301 g/mol. The van der Waals surface area contributed by atoms with Gasteiger partial charge in [-0.1, -0.05) is 6.92 Å². The number of carbonyl (C=O) groups is 1. The van der Waals surface area contributed by atoms with E-state index in [4.69, 9.17) is 4.42 Å². The van der Waals surface area contributed by atoms with Gasteiger partial charge in [-0.15, -0.1) is 0 Å². The number of aromatic nitrogens is 2. The van der Waals surface area contributed by atoms with Crippen molar-refractivity contribution in [1.29, 1.82) is 0 Å². The van der Waals surface area contributed by atoms with E-state index >= 15 is 0 Å². The molecule has 0 saturated carbocycles. The van der Waals surface area contributed by atoms with Crippen LogP contribution in [0.3, 0.4) is 0 Å². The van der Waals surface area contributed by atoms with Crippen molar-refractivity contribution in [1.82, 2.24) is 14.7 Å². The summed E-state index contributed by atoms with van der Waals surface area (Å²) in [6.45, 7) is 6.89. The van der Waals surface area contributed by atoms with E-state index in [9.17, 15) is 4.79 Å². The van der Waals surface area contributed by atoms with Crippen molar-refractivity contribution in [2.24, 2.45) is 7.05 Å². The Labute approximate surface area is 130 Å². The second-order valence-corrected chi connectivity index (χ2v) is 5.98. The largest absolute Gasteiger partial charge is 0.456 e. The van der Waals surface area contributed by atoms with Crippen LogP contribution in [0.2, 0.25) is 0 Å². The lowest BCUT2D eigenvalue weighted by Gasteiger charge is -2.24. The Morgan fingerprint density at radius 2 is 2.18 bits per heavy atom. The third kappa shape index (κ3) is 2.34. The summed E-state index contributed by atoms with van der Waals surface area (Å²) in [7, 11) is 1.95. The molecule has 118 valence electrons. The Morgan fingerprint density at radius 3 is 2.77 bits per heavy atom. The van der Waals surface area contributed by atoms with Gasteiger partial charge in [0.15, 0.2) is 5.76 Å². The van der Waals surface area contributed by atoms with Gasteiger partial charge in [-0.3, -0.25) is 9.48 Å². The molecule has 2 aromatic heterocycles. The summed E-state index contributed by atoms with van der Waals surface area (Å²) in [6.07, 6.45) is 2.81. The highest BCUT2D eigenvalue weighted by molar-refractivity contribution is 5.92. The van der Waals surface area contributed by atoms with Gasteiger partial charge in [-0.05, 0) is 38.8 Å². The fourth-order valence-corrected chi connectivity index (χ4v) is 3.41. The first kappa shape index (κ1) is 14.9. The summed E-state index contributed by atoms with van der Waals surface area (Å²) in [4.78, 5) is 14.7. The Balaban J connectivity index is 1.91. The minimum absolute atomic E-state index is 0.00940. The first-order valence-electron chi connectivity index (χ1n) is 7.92. The zero-order valence-electron chi connectivity index (χ0n) is 13.7. The molecule has 0 unspecified atom stereocenters. The maximum atomic E-state index is 12.8. The number of aryl methyl sites for hydroxylation is 3. The van der Waals surface area contributed by atoms with E-state index in [-0.39, 0.29) is 11.9 Å². The van der Waals surface area contributed by atoms with Crippen LogP contribution in [0.25, 0.3) is 0 Å². The van der Waals surface area contributed by atoms with E-state index in [1.807, 2.05) is 36.5 Å². The zero-order valence-corrected chi connectivity index (χ0v) is 13.7. The lowest BCUT2D eigenvalue weighted by Crippen LogP contribution is -2.30. The predicted molar refractivity (Wildman–Crippen MR) is 83.8 cm³/mol. The molecule has 1 aliphatic heterocycles. The van der Waals surface area contributed by atoms with Gasteiger partial charge in [-0.2, -0.15) is 5.10 Å². The molecule has 5 heteroatoms. The van der Waals surface area contributed by atoms with Crippen LogP contribution < -0.4 is 0 Å². The normalized spacial score (nSPS) is 18.2. The van der Waals surface area contributed by atoms with Crippen molar-refractivity contribution >= 4 is 5.91 Å². The van der Waals surface area contributed by atoms with Crippen LogP contribution >= 0.6 is 0 Å². The van der Waals surface area contributed by atoms with Crippen LogP contribution in [-0.2, 0) is 13.5 Å². The van der Waals surface area contributed by atoms with Crippen LogP contribution in [-0.4, -0.2) is 27.1 Å². The lowest BCUT2D eigenvalue weighted by atomic mass is 10.0. The Bertz CT molecular complexity index is 699. The minimum Gasteiger partial charge on any atom is -0.456 e. The van der Waals surface area contributed by atoms with Crippen molar-refractivity contribution in [2.45, 2.75) is 46.1 Å². The van der Waals surface area contributed by atoms with Crippen molar-refractivity contribution in [3.63, 3.8) is 0 Å². The Hall–Kier alpha value is -2.04. The van der Waals surface area contributed by atoms with Gasteiger partial charge in [0.1, 0.15) is 5.76 Å². The molecule has 5 nitrogen and oxygen atoms in total. The van der Waals surface area contributed by atoms with E-state index in [0.717, 1.165) is 43.0 Å². The highest BCUT2D eigenvalue weighted by Gasteiger charge is 2.35. The maximum absolute atomic E-state index is 12.8. The van der Waals surface area contributed by atoms with Crippen LogP contribution in [0.15, 0.2) is 16.5 Å². The first-order chi connectivity index (χ1) is 10.5. The average molecular weight is 301 g/mol. The highest BCUT2D eigenvalue weighted by Crippen LogP contribution is 2.36. The van der Waals surface area contributed by atoms with Gasteiger partial charge in [0.25, 0.3) is 5.91 Å². The molecule has 1 atom stereocenters. The summed E-state index contributed by atoms with van der Waals surface area (Å²) in [5.74, 6) is 1.29. The topological polar surface area (TPSA) is 51.3 Å². The number of hydrogen-bond donors (Lipinski definition) is 0. The van der Waals surface area contributed by atoms with E-state index in [1.54, 1.807) is 6.07 Å². The van der Waals surface area contributed by atoms with Gasteiger partial charge in [-0.25, -0.2) is 0 Å². The molecule has 22 heavy (non-hydrogen) atoms. The van der Waals surface area contributed by atoms with E-state index in [2.05, 4.69) is 12.0 Å². The minimum atomic E-state index is -0.00940. The number of nitrogens with zero attached hydrogens (tertiary/aromatic N) is 3. The number of carbonyl (C=O) groups excluding carboxylic acids is 1. The van der Waals surface area contributed by atoms with Crippen LogP contribution in [0, 0.1) is 13.8 Å². The smallest absolute Gasteiger partial charge is 0.290 e. The third-order valence-corrected chi connectivity index (χ3v) is 4.63. The fourth-order valence-electron chi connectivity index (χ4n) is 3.41. The number of amides is 1. The molecule has 1 amide bonds. The SMILES string of the molecule is CCc1ccc(C(=O)N2CCC[C@@H]2c2c(C)nn(C)c2C)o1. The average Bonchev–Trinajstić information content (AvgIpc) is 3.19. The molecule has 0 spiro atoms. The molecule has 1 saturated heterocycles. The standard InChI is InChI=1S/C17H23N3O2/c1-5-13-8-9-15(22-13)17(21)20-10-6-7-14(20)16-11(2)18-19(4)12(16)3/h8-9,14H,5-7,10H2,1-4H3/t14-/m1/s1. The van der Waals surface area contributed by atoms with Gasteiger partial charge in [0, 0.05) is 31.3 Å². The second kappa shape index (κ2) is 5.63. The summed E-state index contributed by atoms with van der Waals surface area (Å²) in [5, 5.41) is 4.49. The zero-order chi connectivity index (χ0) is 15.9.